The Labute approximate surface area is 152 Å². The zero-order valence-electron chi connectivity index (χ0n) is 16.7. The SMILES string of the molecule is Cc1cc(C)c(C)c(-c2c3ccc(CC(C)C)cc3c(C)c[n+]2C)c1. The van der Waals surface area contributed by atoms with Crippen LogP contribution < -0.4 is 4.57 Å². The smallest absolute Gasteiger partial charge is 0.200 e. The molecule has 25 heavy (non-hydrogen) atoms. The molecule has 0 radical (unpaired) electrons. The van der Waals surface area contributed by atoms with Crippen LogP contribution >= 0.6 is 0 Å². The second kappa shape index (κ2) is 6.63. The normalized spacial score (nSPS) is 11.5. The van der Waals surface area contributed by atoms with Crippen molar-refractivity contribution in [3.05, 3.63) is 64.3 Å². The third-order valence-electron chi connectivity index (χ3n) is 5.21. The summed E-state index contributed by atoms with van der Waals surface area (Å²) in [5.41, 5.74) is 9.50. The van der Waals surface area contributed by atoms with Gasteiger partial charge in [-0.3, -0.25) is 0 Å². The lowest BCUT2D eigenvalue weighted by Gasteiger charge is -2.14. The van der Waals surface area contributed by atoms with Crippen LogP contribution in [0.5, 0.6) is 0 Å². The first-order valence-electron chi connectivity index (χ1n) is 9.28. The fourth-order valence-corrected chi connectivity index (χ4v) is 3.96. The van der Waals surface area contributed by atoms with Crippen LogP contribution in [0.1, 0.15) is 41.7 Å². The molecule has 1 heteroatoms. The van der Waals surface area contributed by atoms with Crippen LogP contribution in [0, 0.1) is 33.6 Å². The van der Waals surface area contributed by atoms with Crippen molar-refractivity contribution < 1.29 is 4.57 Å². The first-order chi connectivity index (χ1) is 11.8. The van der Waals surface area contributed by atoms with E-state index in [4.69, 9.17) is 0 Å². The van der Waals surface area contributed by atoms with Gasteiger partial charge in [-0.15, -0.1) is 0 Å². The van der Waals surface area contributed by atoms with E-state index in [0.717, 1.165) is 6.42 Å². The lowest BCUT2D eigenvalue weighted by Crippen LogP contribution is -2.31. The monoisotopic (exact) mass is 332 g/mol. The van der Waals surface area contributed by atoms with Crippen molar-refractivity contribution in [3.63, 3.8) is 0 Å². The van der Waals surface area contributed by atoms with Crippen LogP contribution in [0.4, 0.5) is 0 Å². The zero-order valence-corrected chi connectivity index (χ0v) is 16.7. The average Bonchev–Trinajstić information content (AvgIpc) is 2.51. The number of nitrogens with zero attached hydrogens (tertiary/aromatic N) is 1. The van der Waals surface area contributed by atoms with Gasteiger partial charge < -0.3 is 0 Å². The van der Waals surface area contributed by atoms with Crippen LogP contribution in [0.2, 0.25) is 0 Å². The summed E-state index contributed by atoms with van der Waals surface area (Å²) < 4.78 is 2.29. The van der Waals surface area contributed by atoms with Gasteiger partial charge in [-0.25, -0.2) is 4.57 Å². The van der Waals surface area contributed by atoms with E-state index in [2.05, 4.69) is 89.7 Å². The molecule has 0 spiro atoms. The van der Waals surface area contributed by atoms with Crippen molar-refractivity contribution in [3.8, 4) is 11.3 Å². The van der Waals surface area contributed by atoms with Crippen LogP contribution in [0.25, 0.3) is 22.0 Å². The van der Waals surface area contributed by atoms with Crippen molar-refractivity contribution in [1.82, 2.24) is 0 Å². The molecule has 1 heterocycles. The van der Waals surface area contributed by atoms with Crippen LogP contribution in [-0.2, 0) is 13.5 Å². The number of aryl methyl sites for hydroxylation is 4. The minimum absolute atomic E-state index is 0.679. The molecule has 0 N–H and O–H groups in total. The molecule has 3 aromatic rings. The highest BCUT2D eigenvalue weighted by Gasteiger charge is 2.20. The molecular formula is C24H30N+. The summed E-state index contributed by atoms with van der Waals surface area (Å²) in [6.07, 6.45) is 3.41. The Morgan fingerprint density at radius 1 is 0.880 bits per heavy atom. The number of aromatic nitrogens is 1. The van der Waals surface area contributed by atoms with Crippen molar-refractivity contribution in [2.45, 2.75) is 48.0 Å². The number of hydrogen-bond donors (Lipinski definition) is 0. The minimum Gasteiger partial charge on any atom is -0.200 e. The highest BCUT2D eigenvalue weighted by Crippen LogP contribution is 2.32. The maximum atomic E-state index is 2.39. The topological polar surface area (TPSA) is 3.88 Å². The fraction of sp³-hybridized carbons (Fsp3) is 0.375. The second-order valence-electron chi connectivity index (χ2n) is 8.00. The number of hydrogen-bond acceptors (Lipinski definition) is 0. The van der Waals surface area contributed by atoms with Crippen LogP contribution in [0.3, 0.4) is 0 Å². The molecule has 0 saturated carbocycles. The number of pyridine rings is 1. The molecule has 0 amide bonds. The third-order valence-corrected chi connectivity index (χ3v) is 5.21. The molecule has 0 bridgehead atoms. The summed E-state index contributed by atoms with van der Waals surface area (Å²) in [6, 6.07) is 11.6. The summed E-state index contributed by atoms with van der Waals surface area (Å²) in [6.45, 7) is 13.4. The second-order valence-corrected chi connectivity index (χ2v) is 8.00. The van der Waals surface area contributed by atoms with Gasteiger partial charge in [-0.05, 0) is 74.2 Å². The van der Waals surface area contributed by atoms with Gasteiger partial charge >= 0.3 is 0 Å². The lowest BCUT2D eigenvalue weighted by molar-refractivity contribution is -0.659. The first kappa shape index (κ1) is 17.7. The number of rotatable bonds is 3. The van der Waals surface area contributed by atoms with Crippen molar-refractivity contribution in [1.29, 1.82) is 0 Å². The Hall–Kier alpha value is -2.15. The summed E-state index contributed by atoms with van der Waals surface area (Å²) >= 11 is 0. The van der Waals surface area contributed by atoms with Crippen molar-refractivity contribution >= 4 is 10.8 Å². The van der Waals surface area contributed by atoms with E-state index in [-0.39, 0.29) is 0 Å². The largest absolute Gasteiger partial charge is 0.220 e. The van der Waals surface area contributed by atoms with Gasteiger partial charge in [-0.1, -0.05) is 37.6 Å². The Morgan fingerprint density at radius 3 is 2.28 bits per heavy atom. The summed E-state index contributed by atoms with van der Waals surface area (Å²) in [5, 5.41) is 2.73. The predicted molar refractivity (Wildman–Crippen MR) is 108 cm³/mol. The minimum atomic E-state index is 0.679. The quantitative estimate of drug-likeness (QED) is 0.537. The van der Waals surface area contributed by atoms with E-state index in [1.54, 1.807) is 0 Å². The standard InChI is InChI=1S/C24H30N/c1-15(2)10-20-8-9-21-22(13-20)18(5)14-25(7)24(21)23-12-16(3)11-17(4)19(23)6/h8-9,11-15H,10H2,1-7H3/q+1. The van der Waals surface area contributed by atoms with Gasteiger partial charge in [0.15, 0.2) is 6.20 Å². The van der Waals surface area contributed by atoms with Gasteiger partial charge in [0.1, 0.15) is 7.05 Å². The van der Waals surface area contributed by atoms with Crippen molar-refractivity contribution in [2.75, 3.05) is 0 Å². The third kappa shape index (κ3) is 3.33. The average molecular weight is 333 g/mol. The molecule has 0 aliphatic rings. The van der Waals surface area contributed by atoms with Crippen LogP contribution in [0.15, 0.2) is 36.5 Å². The molecule has 2 aromatic carbocycles. The maximum Gasteiger partial charge on any atom is 0.220 e. The summed E-state index contributed by atoms with van der Waals surface area (Å²) in [5.74, 6) is 0.679. The molecule has 1 nitrogen and oxygen atoms in total. The Bertz CT molecular complexity index is 948. The van der Waals surface area contributed by atoms with Gasteiger partial charge in [0.2, 0.25) is 5.69 Å². The van der Waals surface area contributed by atoms with E-state index in [1.165, 1.54) is 49.8 Å². The lowest BCUT2D eigenvalue weighted by atomic mass is 9.92. The molecule has 0 saturated heterocycles. The molecular weight excluding hydrogens is 302 g/mol. The Kier molecular flexibility index (Phi) is 4.69. The Balaban J connectivity index is 2.33. The zero-order chi connectivity index (χ0) is 18.3. The van der Waals surface area contributed by atoms with E-state index < -0.39 is 0 Å². The van der Waals surface area contributed by atoms with Gasteiger partial charge in [0.25, 0.3) is 0 Å². The number of fused-ring (bicyclic) bond motifs is 1. The summed E-state index contributed by atoms with van der Waals surface area (Å²) in [4.78, 5) is 0. The number of benzene rings is 2. The van der Waals surface area contributed by atoms with Gasteiger partial charge in [0.05, 0.1) is 10.9 Å². The molecule has 130 valence electrons. The van der Waals surface area contributed by atoms with Crippen molar-refractivity contribution in [2.24, 2.45) is 13.0 Å². The van der Waals surface area contributed by atoms with Crippen LogP contribution in [-0.4, -0.2) is 0 Å². The van der Waals surface area contributed by atoms with E-state index in [9.17, 15) is 0 Å². The molecule has 0 fully saturated rings. The fourth-order valence-electron chi connectivity index (χ4n) is 3.96. The highest BCUT2D eigenvalue weighted by atomic mass is 14.9. The molecule has 1 aromatic heterocycles. The first-order valence-corrected chi connectivity index (χ1v) is 9.28. The predicted octanol–water partition coefficient (Wildman–Crippen LogP) is 5.76. The van der Waals surface area contributed by atoms with Gasteiger partial charge in [-0.2, -0.15) is 0 Å². The molecule has 0 unspecified atom stereocenters. The molecule has 0 aliphatic carbocycles. The molecule has 0 aliphatic heterocycles. The van der Waals surface area contributed by atoms with E-state index >= 15 is 0 Å². The van der Waals surface area contributed by atoms with E-state index in [0.29, 0.717) is 5.92 Å². The van der Waals surface area contributed by atoms with Gasteiger partial charge in [0, 0.05) is 5.56 Å². The molecule has 3 rings (SSSR count). The highest BCUT2D eigenvalue weighted by molar-refractivity contribution is 5.96. The van der Waals surface area contributed by atoms with E-state index in [1.807, 2.05) is 0 Å². The molecule has 0 atom stereocenters. The maximum absolute atomic E-state index is 2.39. The Morgan fingerprint density at radius 2 is 1.60 bits per heavy atom. The summed E-state index contributed by atoms with van der Waals surface area (Å²) in [7, 11) is 2.17.